The van der Waals surface area contributed by atoms with Gasteiger partial charge in [0.2, 0.25) is 5.43 Å². The zero-order valence-corrected chi connectivity index (χ0v) is 24.9. The van der Waals surface area contributed by atoms with Crippen molar-refractivity contribution in [2.45, 2.75) is 50.6 Å². The number of carbonyl (C=O) groups excluding carboxylic acids is 1. The molecule has 1 aliphatic carbocycles. The molecule has 1 amide bonds. The second kappa shape index (κ2) is 10.5. The van der Waals surface area contributed by atoms with Gasteiger partial charge in [-0.15, -0.1) is 0 Å². The monoisotopic (exact) mass is 593 g/mol. The second-order valence-corrected chi connectivity index (χ2v) is 12.8. The Hall–Kier alpha value is -4.21. The predicted octanol–water partition coefficient (Wildman–Crippen LogP) is 4.95. The zero-order chi connectivity index (χ0) is 30.1. The molecule has 0 bridgehead atoms. The Morgan fingerprint density at radius 1 is 1.11 bits per heavy atom. The van der Waals surface area contributed by atoms with Crippen molar-refractivity contribution in [2.24, 2.45) is 5.73 Å². The number of nitrogens with one attached hydrogen (secondary N) is 1. The average Bonchev–Trinajstić information content (AvgIpc) is 3.73. The zero-order valence-electron chi connectivity index (χ0n) is 24.9. The number of rotatable bonds is 6. The van der Waals surface area contributed by atoms with Gasteiger partial charge in [-0.05, 0) is 92.6 Å². The van der Waals surface area contributed by atoms with Crippen LogP contribution < -0.4 is 26.1 Å². The van der Waals surface area contributed by atoms with Crippen molar-refractivity contribution in [1.29, 1.82) is 0 Å². The fourth-order valence-corrected chi connectivity index (χ4v) is 7.66. The molecule has 9 heteroatoms. The Balaban J connectivity index is 1.24. The lowest BCUT2D eigenvalue weighted by Crippen LogP contribution is -2.32. The molecule has 2 unspecified atom stereocenters. The highest BCUT2D eigenvalue weighted by Crippen LogP contribution is 2.50. The summed E-state index contributed by atoms with van der Waals surface area (Å²) in [6.07, 6.45) is 7.32. The first-order valence-electron chi connectivity index (χ1n) is 15.7. The van der Waals surface area contributed by atoms with Gasteiger partial charge in [-0.1, -0.05) is 24.3 Å². The van der Waals surface area contributed by atoms with E-state index < -0.39 is 17.2 Å². The smallest absolute Gasteiger partial charge is 0.256 e. The predicted molar refractivity (Wildman–Crippen MR) is 170 cm³/mol. The number of amides is 1. The third-order valence-corrected chi connectivity index (χ3v) is 9.97. The molecule has 2 fully saturated rings. The molecule has 3 N–H and O–H groups in total. The maximum Gasteiger partial charge on any atom is 0.256 e. The van der Waals surface area contributed by atoms with E-state index in [0.717, 1.165) is 48.9 Å². The Morgan fingerprint density at radius 2 is 1.98 bits per heavy atom. The number of ether oxygens (including phenoxy) is 1. The van der Waals surface area contributed by atoms with Crippen LogP contribution in [0.25, 0.3) is 27.7 Å². The number of hydrogen-bond acceptors (Lipinski definition) is 6. The van der Waals surface area contributed by atoms with E-state index in [4.69, 9.17) is 10.5 Å². The summed E-state index contributed by atoms with van der Waals surface area (Å²) in [5.74, 6) is -0.143. The topological polar surface area (TPSA) is 92.8 Å². The van der Waals surface area contributed by atoms with E-state index in [1.165, 1.54) is 24.5 Å². The number of nitrogens with two attached hydrogens (primary N) is 1. The normalized spacial score (nSPS) is 20.0. The molecule has 3 aliphatic heterocycles. The molecular weight excluding hydrogens is 557 g/mol. The highest BCUT2D eigenvalue weighted by Gasteiger charge is 2.34. The molecule has 1 aromatic heterocycles. The molecule has 4 aliphatic rings. The van der Waals surface area contributed by atoms with Crippen molar-refractivity contribution in [1.82, 2.24) is 14.8 Å². The van der Waals surface area contributed by atoms with E-state index in [2.05, 4.69) is 35.5 Å². The highest BCUT2D eigenvalue weighted by atomic mass is 19.1. The number of carbonyl (C=O) groups is 1. The summed E-state index contributed by atoms with van der Waals surface area (Å²) in [6, 6.07) is 14.1. The molecule has 0 saturated carbocycles. The first kappa shape index (κ1) is 27.3. The number of pyridine rings is 1. The highest BCUT2D eigenvalue weighted by molar-refractivity contribution is 6.01. The summed E-state index contributed by atoms with van der Waals surface area (Å²) in [6.45, 7) is 2.66. The van der Waals surface area contributed by atoms with Crippen molar-refractivity contribution in [2.75, 3.05) is 38.1 Å². The molecule has 226 valence electrons. The lowest BCUT2D eigenvalue weighted by molar-refractivity contribution is 0.0950. The molecule has 0 radical (unpaired) electrons. The van der Waals surface area contributed by atoms with E-state index in [1.807, 2.05) is 27.7 Å². The lowest BCUT2D eigenvalue weighted by Gasteiger charge is -2.29. The van der Waals surface area contributed by atoms with E-state index in [9.17, 15) is 9.59 Å². The van der Waals surface area contributed by atoms with Crippen LogP contribution in [0.3, 0.4) is 0 Å². The summed E-state index contributed by atoms with van der Waals surface area (Å²) in [4.78, 5) is 31.7. The van der Waals surface area contributed by atoms with Crippen molar-refractivity contribution >= 4 is 22.5 Å². The average molecular weight is 594 g/mol. The molecule has 4 aromatic rings. The van der Waals surface area contributed by atoms with Crippen LogP contribution in [0.15, 0.2) is 53.5 Å². The van der Waals surface area contributed by atoms with Crippen LogP contribution in [-0.2, 0) is 6.42 Å². The Kier molecular flexibility index (Phi) is 6.50. The molecule has 0 spiro atoms. The van der Waals surface area contributed by atoms with Gasteiger partial charge in [0.25, 0.3) is 5.91 Å². The minimum atomic E-state index is -0.555. The number of halogens is 1. The lowest BCUT2D eigenvalue weighted by atomic mass is 10.0. The SMILES string of the molecule is CN1CCCC1CCCNC(=O)c1cn2c3c(c(N4CCC(N)C4)c(F)cc3c1=O)Oc1cc3c(cc1-2)-c1ccccc1C3. The minimum Gasteiger partial charge on any atom is -0.451 e. The van der Waals surface area contributed by atoms with Gasteiger partial charge in [-0.25, -0.2) is 4.39 Å². The van der Waals surface area contributed by atoms with Crippen molar-refractivity contribution in [3.63, 3.8) is 0 Å². The molecule has 8 nitrogen and oxygen atoms in total. The van der Waals surface area contributed by atoms with E-state index in [1.54, 1.807) is 6.20 Å². The second-order valence-electron chi connectivity index (χ2n) is 12.8. The van der Waals surface area contributed by atoms with Crippen LogP contribution in [0.1, 0.15) is 53.6 Å². The van der Waals surface area contributed by atoms with Crippen LogP contribution in [0.4, 0.5) is 10.1 Å². The Morgan fingerprint density at radius 3 is 2.77 bits per heavy atom. The molecule has 3 aromatic carbocycles. The number of aromatic nitrogens is 1. The van der Waals surface area contributed by atoms with Gasteiger partial charge in [0.05, 0.1) is 11.1 Å². The number of nitrogens with zero attached hydrogens (tertiary/aromatic N) is 3. The van der Waals surface area contributed by atoms with Gasteiger partial charge in [0.15, 0.2) is 17.3 Å². The fraction of sp³-hybridized carbons (Fsp3) is 0.371. The van der Waals surface area contributed by atoms with Gasteiger partial charge < -0.3 is 30.2 Å². The first-order valence-corrected chi connectivity index (χ1v) is 15.7. The number of hydrogen-bond donors (Lipinski definition) is 2. The van der Waals surface area contributed by atoms with E-state index in [0.29, 0.717) is 54.1 Å². The van der Waals surface area contributed by atoms with Gasteiger partial charge in [0, 0.05) is 37.9 Å². The molecule has 44 heavy (non-hydrogen) atoms. The number of likely N-dealkylation sites (tertiary alicyclic amines) is 1. The summed E-state index contributed by atoms with van der Waals surface area (Å²) in [5, 5.41) is 3.09. The third kappa shape index (κ3) is 4.32. The first-order chi connectivity index (χ1) is 21.4. The fourth-order valence-electron chi connectivity index (χ4n) is 7.66. The van der Waals surface area contributed by atoms with Gasteiger partial charge in [-0.3, -0.25) is 9.59 Å². The summed E-state index contributed by atoms with van der Waals surface area (Å²) in [5.41, 5.74) is 11.8. The minimum absolute atomic E-state index is 0.00877. The molecule has 2 atom stereocenters. The molecule has 4 heterocycles. The number of fused-ring (bicyclic) bond motifs is 5. The van der Waals surface area contributed by atoms with Crippen molar-refractivity contribution in [3.05, 3.63) is 81.4 Å². The summed E-state index contributed by atoms with van der Waals surface area (Å²) in [7, 11) is 2.14. The number of benzene rings is 3. The van der Waals surface area contributed by atoms with Gasteiger partial charge in [0.1, 0.15) is 16.8 Å². The Bertz CT molecular complexity index is 1900. The molecule has 8 rings (SSSR count). The maximum atomic E-state index is 16.0. The largest absolute Gasteiger partial charge is 0.451 e. The van der Waals surface area contributed by atoms with Crippen LogP contribution in [0.5, 0.6) is 11.5 Å². The summed E-state index contributed by atoms with van der Waals surface area (Å²) >= 11 is 0. The van der Waals surface area contributed by atoms with Crippen LogP contribution in [0.2, 0.25) is 0 Å². The number of anilines is 1. The van der Waals surface area contributed by atoms with E-state index >= 15 is 4.39 Å². The molecular formula is C35H36FN5O3. The summed E-state index contributed by atoms with van der Waals surface area (Å²) < 4.78 is 24.4. The van der Waals surface area contributed by atoms with Crippen LogP contribution in [-0.4, -0.2) is 60.7 Å². The van der Waals surface area contributed by atoms with Gasteiger partial charge in [-0.2, -0.15) is 0 Å². The van der Waals surface area contributed by atoms with Crippen LogP contribution >= 0.6 is 0 Å². The van der Waals surface area contributed by atoms with Crippen molar-refractivity contribution < 1.29 is 13.9 Å². The van der Waals surface area contributed by atoms with Crippen LogP contribution in [0, 0.1) is 5.82 Å². The van der Waals surface area contributed by atoms with Gasteiger partial charge >= 0.3 is 0 Å². The molecule has 2 saturated heterocycles. The van der Waals surface area contributed by atoms with E-state index in [-0.39, 0.29) is 17.0 Å². The van der Waals surface area contributed by atoms with Crippen molar-refractivity contribution in [3.8, 4) is 28.3 Å². The standard InChI is InChI=1S/C35H36FN5O3/c1-39-12-5-8-23(39)7-4-11-38-35(43)27-19-41-29-17-25-21(14-20-6-2-3-9-24(20)25)15-30(29)44-34-31(41)26(33(27)42)16-28(36)32(34)40-13-10-22(37)18-40/h2-3,6,9,15-17,19,22-23H,4-5,7-8,10-14,18,37H2,1H3,(H,38,43). The quantitative estimate of drug-likeness (QED) is 0.266. The third-order valence-electron chi connectivity index (χ3n) is 9.97. The Labute approximate surface area is 255 Å². The maximum absolute atomic E-state index is 16.0.